The van der Waals surface area contributed by atoms with Crippen LogP contribution in [0.4, 0.5) is 0 Å². The largest absolute Gasteiger partial charge is 0.339 e. The van der Waals surface area contributed by atoms with Gasteiger partial charge >= 0.3 is 0 Å². The number of hydrogen-bond acceptors (Lipinski definition) is 1. The predicted molar refractivity (Wildman–Crippen MR) is 83.1 cm³/mol. The predicted octanol–water partition coefficient (Wildman–Crippen LogP) is 4.35. The lowest BCUT2D eigenvalue weighted by molar-refractivity contribution is 0.0695. The van der Waals surface area contributed by atoms with Crippen LogP contribution in [0.25, 0.3) is 0 Å². The van der Waals surface area contributed by atoms with Crippen molar-refractivity contribution in [1.29, 1.82) is 0 Å². The minimum atomic E-state index is 0.114. The molecule has 2 rings (SSSR count). The van der Waals surface area contributed by atoms with Crippen LogP contribution in [0.15, 0.2) is 18.2 Å². The van der Waals surface area contributed by atoms with Gasteiger partial charge in [-0.15, -0.1) is 0 Å². The summed E-state index contributed by atoms with van der Waals surface area (Å²) in [5.41, 5.74) is 0.757. The molecule has 1 aliphatic rings. The van der Waals surface area contributed by atoms with Crippen LogP contribution in [0.5, 0.6) is 0 Å². The number of amides is 1. The van der Waals surface area contributed by atoms with Gasteiger partial charge in [0, 0.05) is 21.7 Å². The van der Waals surface area contributed by atoms with Gasteiger partial charge < -0.3 is 4.90 Å². The van der Waals surface area contributed by atoms with Crippen molar-refractivity contribution >= 4 is 40.1 Å². The Morgan fingerprint density at radius 3 is 2.61 bits per heavy atom. The number of rotatable bonds is 2. The van der Waals surface area contributed by atoms with Crippen LogP contribution in [0.2, 0.25) is 5.02 Å². The zero-order chi connectivity index (χ0) is 13.1. The van der Waals surface area contributed by atoms with Crippen molar-refractivity contribution in [3.63, 3.8) is 0 Å². The van der Waals surface area contributed by atoms with Crippen LogP contribution in [0, 0.1) is 3.57 Å². The fourth-order valence-electron chi connectivity index (χ4n) is 2.49. The zero-order valence-corrected chi connectivity index (χ0v) is 13.4. The van der Waals surface area contributed by atoms with Gasteiger partial charge in [-0.05, 0) is 53.6 Å². The van der Waals surface area contributed by atoms with Gasteiger partial charge in [-0.1, -0.05) is 30.9 Å². The summed E-state index contributed by atoms with van der Waals surface area (Å²) < 4.78 is 0.924. The summed E-state index contributed by atoms with van der Waals surface area (Å²) in [6, 6.07) is 5.85. The van der Waals surface area contributed by atoms with E-state index in [1.165, 1.54) is 19.3 Å². The molecule has 1 aromatic carbocycles. The van der Waals surface area contributed by atoms with E-state index >= 15 is 0 Å². The minimum Gasteiger partial charge on any atom is -0.339 e. The molecule has 18 heavy (non-hydrogen) atoms. The Hall–Kier alpha value is -0.290. The zero-order valence-electron chi connectivity index (χ0n) is 10.5. The Morgan fingerprint density at radius 1 is 1.33 bits per heavy atom. The summed E-state index contributed by atoms with van der Waals surface area (Å²) in [7, 11) is 1.92. The van der Waals surface area contributed by atoms with Gasteiger partial charge in [-0.25, -0.2) is 0 Å². The first kappa shape index (κ1) is 14.1. The Labute approximate surface area is 127 Å². The lowest BCUT2D eigenvalue weighted by Gasteiger charge is -2.31. The van der Waals surface area contributed by atoms with Crippen molar-refractivity contribution in [3.05, 3.63) is 32.4 Å². The third kappa shape index (κ3) is 3.18. The van der Waals surface area contributed by atoms with Crippen LogP contribution < -0.4 is 0 Å². The molecule has 0 saturated heterocycles. The Balaban J connectivity index is 2.14. The number of carbonyl (C=O) groups excluding carboxylic acids is 1. The van der Waals surface area contributed by atoms with Gasteiger partial charge in [0.25, 0.3) is 5.91 Å². The molecule has 98 valence electrons. The second kappa shape index (κ2) is 6.24. The lowest BCUT2D eigenvalue weighted by Crippen LogP contribution is -2.38. The van der Waals surface area contributed by atoms with Crippen molar-refractivity contribution in [2.75, 3.05) is 7.05 Å². The van der Waals surface area contributed by atoms with Gasteiger partial charge in [0.05, 0.1) is 5.56 Å². The van der Waals surface area contributed by atoms with E-state index in [9.17, 15) is 4.79 Å². The molecular weight excluding hydrogens is 361 g/mol. The van der Waals surface area contributed by atoms with Gasteiger partial charge in [-0.2, -0.15) is 0 Å². The maximum atomic E-state index is 12.5. The van der Waals surface area contributed by atoms with E-state index < -0.39 is 0 Å². The van der Waals surface area contributed by atoms with Crippen LogP contribution >= 0.6 is 34.2 Å². The lowest BCUT2D eigenvalue weighted by atomic mass is 9.94. The van der Waals surface area contributed by atoms with E-state index in [4.69, 9.17) is 11.6 Å². The van der Waals surface area contributed by atoms with E-state index in [1.807, 2.05) is 24.1 Å². The van der Waals surface area contributed by atoms with Crippen molar-refractivity contribution < 1.29 is 4.79 Å². The van der Waals surface area contributed by atoms with Gasteiger partial charge in [0.1, 0.15) is 0 Å². The van der Waals surface area contributed by atoms with E-state index in [-0.39, 0.29) is 5.91 Å². The number of carbonyl (C=O) groups is 1. The van der Waals surface area contributed by atoms with Gasteiger partial charge in [-0.3, -0.25) is 4.79 Å². The average Bonchev–Trinajstić information content (AvgIpc) is 2.38. The highest BCUT2D eigenvalue weighted by atomic mass is 127. The normalized spacial score (nSPS) is 16.6. The molecule has 0 aromatic heterocycles. The van der Waals surface area contributed by atoms with E-state index in [2.05, 4.69) is 22.6 Å². The molecule has 0 atom stereocenters. The monoisotopic (exact) mass is 377 g/mol. The second-order valence-electron chi connectivity index (χ2n) is 4.83. The Bertz CT molecular complexity index is 443. The number of halogens is 2. The molecule has 1 amide bonds. The van der Waals surface area contributed by atoms with Crippen molar-refractivity contribution in [2.24, 2.45) is 0 Å². The molecule has 0 unspecified atom stereocenters. The maximum Gasteiger partial charge on any atom is 0.254 e. The van der Waals surface area contributed by atoms with Gasteiger partial charge in [0.2, 0.25) is 0 Å². The van der Waals surface area contributed by atoms with Crippen LogP contribution in [0.3, 0.4) is 0 Å². The highest BCUT2D eigenvalue weighted by Crippen LogP contribution is 2.25. The molecule has 0 radical (unpaired) electrons. The Kier molecular flexibility index (Phi) is 4.90. The highest BCUT2D eigenvalue weighted by Gasteiger charge is 2.24. The third-order valence-electron chi connectivity index (χ3n) is 3.60. The topological polar surface area (TPSA) is 20.3 Å². The van der Waals surface area contributed by atoms with E-state index in [0.29, 0.717) is 11.1 Å². The molecule has 0 bridgehead atoms. The van der Waals surface area contributed by atoms with E-state index in [0.717, 1.165) is 22.0 Å². The van der Waals surface area contributed by atoms with Crippen LogP contribution in [0.1, 0.15) is 42.5 Å². The standard InChI is InChI=1S/C14H17ClINO/c1-17(11-5-3-2-4-6-11)14(18)12-8-7-10(15)9-13(12)16/h7-9,11H,2-6H2,1H3. The van der Waals surface area contributed by atoms with Crippen LogP contribution in [-0.4, -0.2) is 23.9 Å². The van der Waals surface area contributed by atoms with Crippen molar-refractivity contribution in [1.82, 2.24) is 4.90 Å². The molecule has 2 nitrogen and oxygen atoms in total. The molecule has 1 fully saturated rings. The molecule has 0 aliphatic heterocycles. The van der Waals surface area contributed by atoms with Crippen molar-refractivity contribution in [2.45, 2.75) is 38.1 Å². The van der Waals surface area contributed by atoms with E-state index in [1.54, 1.807) is 6.07 Å². The molecule has 1 saturated carbocycles. The number of hydrogen-bond donors (Lipinski definition) is 0. The fourth-order valence-corrected chi connectivity index (χ4v) is 3.59. The summed E-state index contributed by atoms with van der Waals surface area (Å²) in [5.74, 6) is 0.114. The molecule has 0 spiro atoms. The number of benzene rings is 1. The SMILES string of the molecule is CN(C(=O)c1ccc(Cl)cc1I)C1CCCCC1. The summed E-state index contributed by atoms with van der Waals surface area (Å²) in [5, 5.41) is 0.677. The molecule has 0 N–H and O–H groups in total. The summed E-state index contributed by atoms with van der Waals surface area (Å²) in [6.45, 7) is 0. The summed E-state index contributed by atoms with van der Waals surface area (Å²) in [4.78, 5) is 14.4. The first-order valence-corrected chi connectivity index (χ1v) is 7.77. The second-order valence-corrected chi connectivity index (χ2v) is 6.43. The quantitative estimate of drug-likeness (QED) is 0.702. The molecule has 4 heteroatoms. The van der Waals surface area contributed by atoms with Crippen LogP contribution in [-0.2, 0) is 0 Å². The summed E-state index contributed by atoms with van der Waals surface area (Å²) in [6.07, 6.45) is 6.04. The van der Waals surface area contributed by atoms with Crippen molar-refractivity contribution in [3.8, 4) is 0 Å². The van der Waals surface area contributed by atoms with Gasteiger partial charge in [0.15, 0.2) is 0 Å². The first-order valence-electron chi connectivity index (χ1n) is 6.32. The smallest absolute Gasteiger partial charge is 0.254 e. The first-order chi connectivity index (χ1) is 8.59. The fraction of sp³-hybridized carbons (Fsp3) is 0.500. The number of nitrogens with zero attached hydrogens (tertiary/aromatic N) is 1. The molecule has 0 heterocycles. The third-order valence-corrected chi connectivity index (χ3v) is 4.73. The highest BCUT2D eigenvalue weighted by molar-refractivity contribution is 14.1. The Morgan fingerprint density at radius 2 is 2.00 bits per heavy atom. The minimum absolute atomic E-state index is 0.114. The summed E-state index contributed by atoms with van der Waals surface area (Å²) >= 11 is 8.09. The molecule has 1 aliphatic carbocycles. The average molecular weight is 378 g/mol. The molecule has 1 aromatic rings. The maximum absolute atomic E-state index is 12.5. The molecular formula is C14H17ClINO.